The average molecular weight is 193 g/mol. The van der Waals surface area contributed by atoms with E-state index >= 15 is 0 Å². The molecule has 2 N–H and O–H groups in total. The number of primary amides is 1. The summed E-state index contributed by atoms with van der Waals surface area (Å²) in [6.07, 6.45) is 0. The van der Waals surface area contributed by atoms with Gasteiger partial charge in [-0.15, -0.1) is 0 Å². The Kier molecular flexibility index (Phi) is 3.12. The van der Waals surface area contributed by atoms with Crippen LogP contribution in [0.1, 0.15) is 28.4 Å². The van der Waals surface area contributed by atoms with Gasteiger partial charge in [0.15, 0.2) is 0 Å². The molecule has 0 fully saturated rings. The highest BCUT2D eigenvalue weighted by atomic mass is 16.5. The molecule has 1 rings (SSSR count). The maximum absolute atomic E-state index is 11.0. The van der Waals surface area contributed by atoms with Crippen LogP contribution in [0.2, 0.25) is 0 Å². The number of hydrogen-bond donors (Lipinski definition) is 1. The van der Waals surface area contributed by atoms with E-state index in [2.05, 4.69) is 0 Å². The SMILES string of the molecule is CCOc1cc(C)c(C(N)=O)cc1C. The second-order valence-corrected chi connectivity index (χ2v) is 3.23. The first-order chi connectivity index (χ1) is 6.56. The molecule has 1 aromatic carbocycles. The lowest BCUT2D eigenvalue weighted by molar-refractivity contribution is 0.0999. The van der Waals surface area contributed by atoms with Gasteiger partial charge in [0.1, 0.15) is 5.75 Å². The Hall–Kier alpha value is -1.51. The number of ether oxygens (including phenoxy) is 1. The monoisotopic (exact) mass is 193 g/mol. The summed E-state index contributed by atoms with van der Waals surface area (Å²) >= 11 is 0. The van der Waals surface area contributed by atoms with E-state index in [1.807, 2.05) is 26.8 Å². The normalized spacial score (nSPS) is 9.93. The van der Waals surface area contributed by atoms with E-state index in [4.69, 9.17) is 10.5 Å². The molecule has 3 nitrogen and oxygen atoms in total. The summed E-state index contributed by atoms with van der Waals surface area (Å²) in [5, 5.41) is 0. The molecular formula is C11H15NO2. The minimum absolute atomic E-state index is 0.395. The highest BCUT2D eigenvalue weighted by Gasteiger charge is 2.08. The van der Waals surface area contributed by atoms with Crippen LogP contribution in [0.25, 0.3) is 0 Å². The van der Waals surface area contributed by atoms with Crippen molar-refractivity contribution in [2.45, 2.75) is 20.8 Å². The van der Waals surface area contributed by atoms with E-state index in [1.165, 1.54) is 0 Å². The van der Waals surface area contributed by atoms with Crippen molar-refractivity contribution in [3.05, 3.63) is 28.8 Å². The molecule has 1 aromatic rings. The zero-order chi connectivity index (χ0) is 10.7. The third-order valence-electron chi connectivity index (χ3n) is 2.09. The minimum atomic E-state index is -0.395. The molecule has 0 saturated carbocycles. The summed E-state index contributed by atoms with van der Waals surface area (Å²) in [5.41, 5.74) is 7.58. The van der Waals surface area contributed by atoms with Gasteiger partial charge in [-0.25, -0.2) is 0 Å². The lowest BCUT2D eigenvalue weighted by Crippen LogP contribution is -2.13. The standard InChI is InChI=1S/C11H15NO2/c1-4-14-10-6-7(2)9(11(12)13)5-8(10)3/h5-6H,4H2,1-3H3,(H2,12,13). The molecule has 0 aliphatic rings. The number of aryl methyl sites for hydroxylation is 2. The van der Waals surface area contributed by atoms with Crippen LogP contribution in [0.3, 0.4) is 0 Å². The molecule has 0 bridgehead atoms. The Morgan fingerprint density at radius 2 is 2.00 bits per heavy atom. The van der Waals surface area contributed by atoms with E-state index < -0.39 is 5.91 Å². The van der Waals surface area contributed by atoms with Crippen LogP contribution in [0, 0.1) is 13.8 Å². The molecule has 0 atom stereocenters. The van der Waals surface area contributed by atoms with Crippen molar-refractivity contribution in [3.63, 3.8) is 0 Å². The Balaban J connectivity index is 3.17. The molecule has 0 aliphatic heterocycles. The highest BCUT2D eigenvalue weighted by molar-refractivity contribution is 5.94. The van der Waals surface area contributed by atoms with Crippen LogP contribution < -0.4 is 10.5 Å². The van der Waals surface area contributed by atoms with Gasteiger partial charge in [0.25, 0.3) is 0 Å². The second kappa shape index (κ2) is 4.13. The summed E-state index contributed by atoms with van der Waals surface area (Å²) in [6.45, 7) is 6.30. The van der Waals surface area contributed by atoms with Gasteiger partial charge >= 0.3 is 0 Å². The van der Waals surface area contributed by atoms with Crippen LogP contribution in [-0.2, 0) is 0 Å². The zero-order valence-electron chi connectivity index (χ0n) is 8.76. The quantitative estimate of drug-likeness (QED) is 0.795. The molecule has 3 heteroatoms. The molecule has 0 spiro atoms. The molecule has 76 valence electrons. The Labute approximate surface area is 83.9 Å². The predicted octanol–water partition coefficient (Wildman–Crippen LogP) is 1.80. The number of carbonyl (C=O) groups is 1. The number of amides is 1. The van der Waals surface area contributed by atoms with Crippen molar-refractivity contribution in [1.29, 1.82) is 0 Å². The van der Waals surface area contributed by atoms with Gasteiger partial charge in [0.05, 0.1) is 6.61 Å². The number of rotatable bonds is 3. The van der Waals surface area contributed by atoms with Crippen molar-refractivity contribution in [1.82, 2.24) is 0 Å². The van der Waals surface area contributed by atoms with E-state index in [0.717, 1.165) is 16.9 Å². The third-order valence-corrected chi connectivity index (χ3v) is 2.09. The molecule has 0 aromatic heterocycles. The fraction of sp³-hybridized carbons (Fsp3) is 0.364. The van der Waals surface area contributed by atoms with E-state index in [1.54, 1.807) is 6.07 Å². The first-order valence-corrected chi connectivity index (χ1v) is 4.60. The van der Waals surface area contributed by atoms with Crippen molar-refractivity contribution in [2.75, 3.05) is 6.61 Å². The fourth-order valence-corrected chi connectivity index (χ4v) is 1.37. The van der Waals surface area contributed by atoms with Crippen molar-refractivity contribution >= 4 is 5.91 Å². The Morgan fingerprint density at radius 3 is 2.50 bits per heavy atom. The molecule has 1 amide bonds. The zero-order valence-corrected chi connectivity index (χ0v) is 8.76. The van der Waals surface area contributed by atoms with E-state index in [0.29, 0.717) is 12.2 Å². The first kappa shape index (κ1) is 10.6. The molecule has 0 saturated heterocycles. The summed E-state index contributed by atoms with van der Waals surface area (Å²) in [7, 11) is 0. The summed E-state index contributed by atoms with van der Waals surface area (Å²) < 4.78 is 5.40. The maximum atomic E-state index is 11.0. The number of hydrogen-bond acceptors (Lipinski definition) is 2. The predicted molar refractivity (Wildman–Crippen MR) is 55.6 cm³/mol. The Bertz CT molecular complexity index is 359. The smallest absolute Gasteiger partial charge is 0.248 e. The van der Waals surface area contributed by atoms with Gasteiger partial charge in [-0.1, -0.05) is 0 Å². The number of carbonyl (C=O) groups excluding carboxylic acids is 1. The van der Waals surface area contributed by atoms with E-state index in [-0.39, 0.29) is 0 Å². The summed E-state index contributed by atoms with van der Waals surface area (Å²) in [4.78, 5) is 11.0. The largest absolute Gasteiger partial charge is 0.494 e. The number of nitrogens with two attached hydrogens (primary N) is 1. The third kappa shape index (κ3) is 2.05. The molecule has 14 heavy (non-hydrogen) atoms. The lowest BCUT2D eigenvalue weighted by atomic mass is 10.0. The van der Waals surface area contributed by atoms with Gasteiger partial charge in [-0.2, -0.15) is 0 Å². The van der Waals surface area contributed by atoms with Gasteiger partial charge in [0, 0.05) is 5.56 Å². The van der Waals surface area contributed by atoms with Crippen molar-refractivity contribution in [3.8, 4) is 5.75 Å². The summed E-state index contributed by atoms with van der Waals surface area (Å²) in [5.74, 6) is 0.420. The fourth-order valence-electron chi connectivity index (χ4n) is 1.37. The highest BCUT2D eigenvalue weighted by Crippen LogP contribution is 2.22. The minimum Gasteiger partial charge on any atom is -0.494 e. The second-order valence-electron chi connectivity index (χ2n) is 3.23. The van der Waals surface area contributed by atoms with Gasteiger partial charge in [-0.3, -0.25) is 4.79 Å². The maximum Gasteiger partial charge on any atom is 0.248 e. The topological polar surface area (TPSA) is 52.3 Å². The van der Waals surface area contributed by atoms with Gasteiger partial charge in [0.2, 0.25) is 5.91 Å². The Morgan fingerprint density at radius 1 is 1.36 bits per heavy atom. The van der Waals surface area contributed by atoms with Gasteiger partial charge < -0.3 is 10.5 Å². The van der Waals surface area contributed by atoms with Crippen LogP contribution in [-0.4, -0.2) is 12.5 Å². The molecular weight excluding hydrogens is 178 g/mol. The first-order valence-electron chi connectivity index (χ1n) is 4.60. The van der Waals surface area contributed by atoms with Crippen LogP contribution >= 0.6 is 0 Å². The van der Waals surface area contributed by atoms with Crippen LogP contribution in [0.5, 0.6) is 5.75 Å². The van der Waals surface area contributed by atoms with Crippen molar-refractivity contribution < 1.29 is 9.53 Å². The molecule has 0 radical (unpaired) electrons. The average Bonchev–Trinajstić information content (AvgIpc) is 2.10. The number of benzene rings is 1. The van der Waals surface area contributed by atoms with E-state index in [9.17, 15) is 4.79 Å². The lowest BCUT2D eigenvalue weighted by Gasteiger charge is -2.10. The molecule has 0 unspecified atom stereocenters. The summed E-state index contributed by atoms with van der Waals surface area (Å²) in [6, 6.07) is 3.61. The van der Waals surface area contributed by atoms with Crippen LogP contribution in [0.4, 0.5) is 0 Å². The molecule has 0 heterocycles. The molecule has 0 aliphatic carbocycles. The van der Waals surface area contributed by atoms with Crippen molar-refractivity contribution in [2.24, 2.45) is 5.73 Å². The van der Waals surface area contributed by atoms with Gasteiger partial charge in [-0.05, 0) is 44.0 Å². The van der Waals surface area contributed by atoms with Crippen LogP contribution in [0.15, 0.2) is 12.1 Å².